The van der Waals surface area contributed by atoms with Gasteiger partial charge in [-0.3, -0.25) is 10.1 Å². The molecule has 0 spiro atoms. The number of rotatable bonds is 2. The second-order valence-electron chi connectivity index (χ2n) is 5.09. The van der Waals surface area contributed by atoms with Crippen LogP contribution in [0.3, 0.4) is 0 Å². The Morgan fingerprint density at radius 3 is 2.24 bits per heavy atom. The SMILES string of the molecule is Cc1ccc(C(=O)NC(=S)Nc2cc(C)ccc2C)cc1. The van der Waals surface area contributed by atoms with Crippen molar-refractivity contribution in [3.63, 3.8) is 0 Å². The van der Waals surface area contributed by atoms with Crippen molar-refractivity contribution >= 4 is 28.9 Å². The number of benzene rings is 2. The molecule has 2 rings (SSSR count). The van der Waals surface area contributed by atoms with Gasteiger partial charge in [0.25, 0.3) is 5.91 Å². The molecule has 0 aliphatic carbocycles. The van der Waals surface area contributed by atoms with Gasteiger partial charge in [0.05, 0.1) is 0 Å². The monoisotopic (exact) mass is 298 g/mol. The van der Waals surface area contributed by atoms with Crippen LogP contribution in [0.5, 0.6) is 0 Å². The molecule has 0 fully saturated rings. The van der Waals surface area contributed by atoms with Crippen molar-refractivity contribution in [3.8, 4) is 0 Å². The van der Waals surface area contributed by atoms with Gasteiger partial charge in [0, 0.05) is 11.3 Å². The smallest absolute Gasteiger partial charge is 0.257 e. The quantitative estimate of drug-likeness (QED) is 0.830. The van der Waals surface area contributed by atoms with Crippen molar-refractivity contribution in [2.45, 2.75) is 20.8 Å². The van der Waals surface area contributed by atoms with E-state index in [9.17, 15) is 4.79 Å². The van der Waals surface area contributed by atoms with Crippen LogP contribution in [0, 0.1) is 20.8 Å². The van der Waals surface area contributed by atoms with Crippen LogP contribution in [0.15, 0.2) is 42.5 Å². The van der Waals surface area contributed by atoms with E-state index in [1.807, 2.05) is 51.1 Å². The molecule has 2 aromatic carbocycles. The predicted octanol–water partition coefficient (Wildman–Crippen LogP) is 3.74. The van der Waals surface area contributed by atoms with Gasteiger partial charge in [-0.2, -0.15) is 0 Å². The van der Waals surface area contributed by atoms with Crippen LogP contribution in [-0.4, -0.2) is 11.0 Å². The zero-order valence-corrected chi connectivity index (χ0v) is 13.2. The Morgan fingerprint density at radius 2 is 1.57 bits per heavy atom. The average molecular weight is 298 g/mol. The van der Waals surface area contributed by atoms with Crippen molar-refractivity contribution < 1.29 is 4.79 Å². The largest absolute Gasteiger partial charge is 0.332 e. The van der Waals surface area contributed by atoms with E-state index in [-0.39, 0.29) is 5.91 Å². The molecule has 0 atom stereocenters. The molecule has 1 amide bonds. The molecule has 0 aliphatic heterocycles. The molecule has 0 unspecified atom stereocenters. The van der Waals surface area contributed by atoms with Crippen molar-refractivity contribution in [3.05, 3.63) is 64.7 Å². The van der Waals surface area contributed by atoms with Crippen LogP contribution in [0.4, 0.5) is 5.69 Å². The minimum atomic E-state index is -0.210. The molecule has 0 aliphatic rings. The van der Waals surface area contributed by atoms with Crippen molar-refractivity contribution in [2.24, 2.45) is 0 Å². The first-order chi connectivity index (χ1) is 9.95. The van der Waals surface area contributed by atoms with E-state index >= 15 is 0 Å². The van der Waals surface area contributed by atoms with E-state index in [0.29, 0.717) is 10.7 Å². The number of hydrogen-bond donors (Lipinski definition) is 2. The predicted molar refractivity (Wildman–Crippen MR) is 90.8 cm³/mol. The summed E-state index contributed by atoms with van der Waals surface area (Å²) in [6.07, 6.45) is 0. The standard InChI is InChI=1S/C17H18N2OS/c1-11-5-8-14(9-6-11)16(20)19-17(21)18-15-10-12(2)4-7-13(15)3/h4-10H,1-3H3,(H2,18,19,20,21). The molecule has 0 heterocycles. The normalized spacial score (nSPS) is 10.0. The topological polar surface area (TPSA) is 41.1 Å². The lowest BCUT2D eigenvalue weighted by Gasteiger charge is -2.12. The summed E-state index contributed by atoms with van der Waals surface area (Å²) in [7, 11) is 0. The number of thiocarbonyl (C=S) groups is 1. The number of nitrogens with one attached hydrogen (secondary N) is 2. The Kier molecular flexibility index (Phi) is 4.70. The van der Waals surface area contributed by atoms with Crippen LogP contribution < -0.4 is 10.6 Å². The van der Waals surface area contributed by atoms with E-state index in [4.69, 9.17) is 12.2 Å². The molecular weight excluding hydrogens is 280 g/mol. The van der Waals surface area contributed by atoms with Gasteiger partial charge in [0.1, 0.15) is 0 Å². The van der Waals surface area contributed by atoms with E-state index in [0.717, 1.165) is 22.4 Å². The van der Waals surface area contributed by atoms with Crippen LogP contribution in [0.2, 0.25) is 0 Å². The number of aryl methyl sites for hydroxylation is 3. The summed E-state index contributed by atoms with van der Waals surface area (Å²) in [5.41, 5.74) is 4.82. The van der Waals surface area contributed by atoms with Gasteiger partial charge >= 0.3 is 0 Å². The van der Waals surface area contributed by atoms with E-state index in [1.54, 1.807) is 12.1 Å². The van der Waals surface area contributed by atoms with Gasteiger partial charge in [0.15, 0.2) is 5.11 Å². The molecule has 3 nitrogen and oxygen atoms in total. The second kappa shape index (κ2) is 6.50. The van der Waals surface area contributed by atoms with E-state index in [1.165, 1.54) is 0 Å². The Morgan fingerprint density at radius 1 is 0.952 bits per heavy atom. The zero-order chi connectivity index (χ0) is 15.4. The Hall–Kier alpha value is -2.20. The molecule has 2 N–H and O–H groups in total. The lowest BCUT2D eigenvalue weighted by molar-refractivity contribution is 0.0977. The zero-order valence-electron chi connectivity index (χ0n) is 12.4. The van der Waals surface area contributed by atoms with Gasteiger partial charge in [-0.05, 0) is 62.3 Å². The van der Waals surface area contributed by atoms with Gasteiger partial charge < -0.3 is 5.32 Å². The first kappa shape index (κ1) is 15.2. The van der Waals surface area contributed by atoms with Crippen LogP contribution in [0.1, 0.15) is 27.0 Å². The highest BCUT2D eigenvalue weighted by Gasteiger charge is 2.08. The van der Waals surface area contributed by atoms with Crippen molar-refractivity contribution in [2.75, 3.05) is 5.32 Å². The van der Waals surface area contributed by atoms with Gasteiger partial charge in [-0.25, -0.2) is 0 Å². The molecule has 4 heteroatoms. The number of amides is 1. The summed E-state index contributed by atoms with van der Waals surface area (Å²) in [4.78, 5) is 12.1. The maximum absolute atomic E-state index is 12.1. The third-order valence-corrected chi connectivity index (χ3v) is 3.39. The minimum Gasteiger partial charge on any atom is -0.332 e. The van der Waals surface area contributed by atoms with Gasteiger partial charge in [-0.1, -0.05) is 29.8 Å². The van der Waals surface area contributed by atoms with Gasteiger partial charge in [-0.15, -0.1) is 0 Å². The Bertz CT molecular complexity index is 678. The van der Waals surface area contributed by atoms with Crippen LogP contribution in [0.25, 0.3) is 0 Å². The molecule has 21 heavy (non-hydrogen) atoms. The highest BCUT2D eigenvalue weighted by atomic mass is 32.1. The number of hydrogen-bond acceptors (Lipinski definition) is 2. The third kappa shape index (κ3) is 4.13. The molecule has 0 bridgehead atoms. The molecular formula is C17H18N2OS. The fourth-order valence-electron chi connectivity index (χ4n) is 1.90. The first-order valence-corrected chi connectivity index (χ1v) is 7.13. The Labute approximate surface area is 130 Å². The van der Waals surface area contributed by atoms with Crippen LogP contribution >= 0.6 is 12.2 Å². The maximum Gasteiger partial charge on any atom is 0.257 e. The summed E-state index contributed by atoms with van der Waals surface area (Å²) in [5, 5.41) is 6.06. The van der Waals surface area contributed by atoms with E-state index < -0.39 is 0 Å². The molecule has 0 aromatic heterocycles. The van der Waals surface area contributed by atoms with Crippen molar-refractivity contribution in [1.29, 1.82) is 0 Å². The molecule has 0 radical (unpaired) electrons. The lowest BCUT2D eigenvalue weighted by atomic mass is 10.1. The summed E-state index contributed by atoms with van der Waals surface area (Å²) >= 11 is 5.20. The van der Waals surface area contributed by atoms with Crippen molar-refractivity contribution in [1.82, 2.24) is 5.32 Å². The number of carbonyl (C=O) groups excluding carboxylic acids is 1. The fraction of sp³-hybridized carbons (Fsp3) is 0.176. The second-order valence-corrected chi connectivity index (χ2v) is 5.50. The Balaban J connectivity index is 2.03. The number of carbonyl (C=O) groups is 1. The number of anilines is 1. The summed E-state index contributed by atoms with van der Waals surface area (Å²) in [6, 6.07) is 13.4. The molecule has 2 aromatic rings. The maximum atomic E-state index is 12.1. The molecule has 0 saturated heterocycles. The first-order valence-electron chi connectivity index (χ1n) is 6.72. The lowest BCUT2D eigenvalue weighted by Crippen LogP contribution is -2.34. The fourth-order valence-corrected chi connectivity index (χ4v) is 2.11. The molecule has 108 valence electrons. The third-order valence-electron chi connectivity index (χ3n) is 3.18. The van der Waals surface area contributed by atoms with Crippen LogP contribution in [-0.2, 0) is 0 Å². The highest BCUT2D eigenvalue weighted by Crippen LogP contribution is 2.16. The summed E-state index contributed by atoms with van der Waals surface area (Å²) in [5.74, 6) is -0.210. The molecule has 0 saturated carbocycles. The summed E-state index contributed by atoms with van der Waals surface area (Å²) < 4.78 is 0. The van der Waals surface area contributed by atoms with E-state index in [2.05, 4.69) is 10.6 Å². The van der Waals surface area contributed by atoms with Gasteiger partial charge in [0.2, 0.25) is 0 Å². The summed E-state index contributed by atoms with van der Waals surface area (Å²) in [6.45, 7) is 5.99. The highest BCUT2D eigenvalue weighted by molar-refractivity contribution is 7.80. The average Bonchev–Trinajstić information content (AvgIpc) is 2.43. The minimum absolute atomic E-state index is 0.210.